The molecule has 2 aromatic rings. The van der Waals surface area contributed by atoms with Gasteiger partial charge in [-0.05, 0) is 52.2 Å². The molecule has 4 heteroatoms. The van der Waals surface area contributed by atoms with Gasteiger partial charge in [0.05, 0.1) is 5.56 Å². The van der Waals surface area contributed by atoms with Gasteiger partial charge >= 0.3 is 0 Å². The number of hydrogen-bond acceptors (Lipinski definition) is 1. The molecule has 1 unspecified atom stereocenters. The van der Waals surface area contributed by atoms with Gasteiger partial charge in [0, 0.05) is 15.1 Å². The van der Waals surface area contributed by atoms with E-state index in [4.69, 9.17) is 11.6 Å². The Morgan fingerprint density at radius 3 is 2.56 bits per heavy atom. The predicted octanol–water partition coefficient (Wildman–Crippen LogP) is 4.90. The van der Waals surface area contributed by atoms with Crippen LogP contribution in [-0.2, 0) is 11.2 Å². The molecule has 94 valence electrons. The van der Waals surface area contributed by atoms with Gasteiger partial charge < -0.3 is 4.55 Å². The summed E-state index contributed by atoms with van der Waals surface area (Å²) in [4.78, 5) is 0.819. The van der Waals surface area contributed by atoms with Gasteiger partial charge in [0.25, 0.3) is 0 Å². The predicted molar refractivity (Wildman–Crippen MR) is 81.5 cm³/mol. The summed E-state index contributed by atoms with van der Waals surface area (Å²) >= 11 is 8.74. The van der Waals surface area contributed by atoms with Crippen LogP contribution in [0.2, 0.25) is 5.02 Å². The molecular formula is C14H12BrClOS. The van der Waals surface area contributed by atoms with Crippen LogP contribution in [0.15, 0.2) is 51.8 Å². The lowest BCUT2D eigenvalue weighted by molar-refractivity contribution is 0.596. The topological polar surface area (TPSA) is 23.1 Å². The number of rotatable bonds is 3. The Balaban J connectivity index is 2.66. The highest BCUT2D eigenvalue weighted by atomic mass is 79.9. The Kier molecular flexibility index (Phi) is 4.73. The van der Waals surface area contributed by atoms with E-state index in [1.807, 2.05) is 49.4 Å². The zero-order chi connectivity index (χ0) is 13.1. The molecule has 0 saturated carbocycles. The van der Waals surface area contributed by atoms with Gasteiger partial charge in [-0.1, -0.05) is 35.9 Å². The van der Waals surface area contributed by atoms with E-state index in [1.165, 1.54) is 0 Å². The first-order valence-electron chi connectivity index (χ1n) is 5.57. The summed E-state index contributed by atoms with van der Waals surface area (Å²) in [6.07, 6.45) is 0. The highest BCUT2D eigenvalue weighted by molar-refractivity contribution is 9.10. The molecule has 0 aliphatic carbocycles. The van der Waals surface area contributed by atoms with Crippen LogP contribution in [0.25, 0.3) is 11.1 Å². The molecule has 0 fully saturated rings. The summed E-state index contributed by atoms with van der Waals surface area (Å²) in [5.74, 6) is 0.591. The first-order chi connectivity index (χ1) is 8.65. The largest absolute Gasteiger partial charge is 0.611 e. The van der Waals surface area contributed by atoms with Crippen molar-refractivity contribution in [1.82, 2.24) is 0 Å². The zero-order valence-corrected chi connectivity index (χ0v) is 13.0. The molecule has 18 heavy (non-hydrogen) atoms. The van der Waals surface area contributed by atoms with Crippen LogP contribution in [0.5, 0.6) is 0 Å². The average Bonchev–Trinajstić information content (AvgIpc) is 2.39. The Morgan fingerprint density at radius 1 is 1.17 bits per heavy atom. The van der Waals surface area contributed by atoms with E-state index in [9.17, 15) is 4.55 Å². The van der Waals surface area contributed by atoms with E-state index >= 15 is 0 Å². The van der Waals surface area contributed by atoms with Crippen molar-refractivity contribution in [2.24, 2.45) is 0 Å². The maximum absolute atomic E-state index is 12.1. The van der Waals surface area contributed by atoms with Crippen LogP contribution >= 0.6 is 27.5 Å². The Hall–Kier alpha value is -0.480. The summed E-state index contributed by atoms with van der Waals surface area (Å²) in [5.41, 5.74) is 1.83. The average molecular weight is 344 g/mol. The van der Waals surface area contributed by atoms with Crippen molar-refractivity contribution in [2.45, 2.75) is 11.8 Å². The molecule has 1 atom stereocenters. The van der Waals surface area contributed by atoms with Crippen molar-refractivity contribution in [2.75, 3.05) is 5.75 Å². The SMILES string of the molecule is CC[S+]([O-])c1cccc(Br)c1-c1ccccc1Cl. The Bertz CT molecular complexity index is 559. The van der Waals surface area contributed by atoms with Crippen molar-refractivity contribution in [3.63, 3.8) is 0 Å². The fourth-order valence-corrected chi connectivity index (χ4v) is 3.71. The van der Waals surface area contributed by atoms with Gasteiger partial charge in [-0.25, -0.2) is 0 Å². The lowest BCUT2D eigenvalue weighted by Crippen LogP contribution is -2.06. The van der Waals surface area contributed by atoms with Crippen molar-refractivity contribution in [1.29, 1.82) is 0 Å². The van der Waals surface area contributed by atoms with Crippen molar-refractivity contribution in [3.05, 3.63) is 52.0 Å². The molecule has 0 saturated heterocycles. The lowest BCUT2D eigenvalue weighted by Gasteiger charge is -2.15. The third kappa shape index (κ3) is 2.75. The number of halogens is 2. The minimum Gasteiger partial charge on any atom is -0.611 e. The second kappa shape index (κ2) is 6.11. The fraction of sp³-hybridized carbons (Fsp3) is 0.143. The molecule has 2 rings (SSSR count). The van der Waals surface area contributed by atoms with Crippen LogP contribution in [0.3, 0.4) is 0 Å². The van der Waals surface area contributed by atoms with E-state index in [-0.39, 0.29) is 0 Å². The lowest BCUT2D eigenvalue weighted by atomic mass is 10.1. The maximum atomic E-state index is 12.1. The number of hydrogen-bond donors (Lipinski definition) is 0. The smallest absolute Gasteiger partial charge is 0.161 e. The first-order valence-corrected chi connectivity index (χ1v) is 8.06. The van der Waals surface area contributed by atoms with Gasteiger partial charge in [0.1, 0.15) is 5.75 Å². The minimum atomic E-state index is -1.01. The Labute approximate surface area is 123 Å². The van der Waals surface area contributed by atoms with Crippen LogP contribution in [0.1, 0.15) is 6.92 Å². The highest BCUT2D eigenvalue weighted by Crippen LogP contribution is 2.38. The molecule has 1 nitrogen and oxygen atoms in total. The normalized spacial score (nSPS) is 12.4. The molecule has 0 aliphatic heterocycles. The van der Waals surface area contributed by atoms with Crippen molar-refractivity contribution in [3.8, 4) is 11.1 Å². The van der Waals surface area contributed by atoms with Gasteiger partial charge in [0.2, 0.25) is 0 Å². The molecule has 0 N–H and O–H groups in total. The van der Waals surface area contributed by atoms with Crippen molar-refractivity contribution >= 4 is 38.7 Å². The van der Waals surface area contributed by atoms with E-state index in [2.05, 4.69) is 15.9 Å². The summed E-state index contributed by atoms with van der Waals surface area (Å²) in [6.45, 7) is 1.91. The van der Waals surface area contributed by atoms with Gasteiger partial charge in [-0.2, -0.15) is 0 Å². The summed E-state index contributed by atoms with van der Waals surface area (Å²) in [6, 6.07) is 13.3. The third-order valence-corrected chi connectivity index (χ3v) is 4.97. The minimum absolute atomic E-state index is 0.591. The first kappa shape index (κ1) is 13.9. The van der Waals surface area contributed by atoms with Gasteiger partial charge in [0.15, 0.2) is 4.90 Å². The molecule has 0 amide bonds. The molecule has 0 radical (unpaired) electrons. The summed E-state index contributed by atoms with van der Waals surface area (Å²) < 4.78 is 13.0. The van der Waals surface area contributed by atoms with Gasteiger partial charge in [-0.15, -0.1) is 0 Å². The highest BCUT2D eigenvalue weighted by Gasteiger charge is 2.19. The number of benzene rings is 2. The molecule has 0 bridgehead atoms. The Morgan fingerprint density at radius 2 is 1.89 bits per heavy atom. The maximum Gasteiger partial charge on any atom is 0.161 e. The standard InChI is InChI=1S/C14H12BrClOS/c1-2-18(17)13-9-5-7-11(15)14(13)10-6-3-4-8-12(10)16/h3-9H,2H2,1H3. The molecule has 0 aromatic heterocycles. The summed E-state index contributed by atoms with van der Waals surface area (Å²) in [5, 5.41) is 0.666. The molecule has 0 heterocycles. The van der Waals surface area contributed by atoms with Crippen LogP contribution in [0, 0.1) is 0 Å². The monoisotopic (exact) mass is 342 g/mol. The quantitative estimate of drug-likeness (QED) is 0.727. The zero-order valence-electron chi connectivity index (χ0n) is 9.82. The molecule has 0 aliphatic rings. The van der Waals surface area contributed by atoms with E-state index in [1.54, 1.807) is 0 Å². The van der Waals surface area contributed by atoms with Crippen LogP contribution < -0.4 is 0 Å². The molecular weight excluding hydrogens is 332 g/mol. The van der Waals surface area contributed by atoms with E-state index in [0.717, 1.165) is 20.5 Å². The van der Waals surface area contributed by atoms with Gasteiger partial charge in [-0.3, -0.25) is 0 Å². The fourth-order valence-electron chi connectivity index (χ4n) is 1.77. The van der Waals surface area contributed by atoms with E-state index < -0.39 is 11.2 Å². The molecule has 2 aromatic carbocycles. The molecule has 0 spiro atoms. The van der Waals surface area contributed by atoms with Crippen LogP contribution in [0.4, 0.5) is 0 Å². The second-order valence-corrected chi connectivity index (χ2v) is 6.70. The van der Waals surface area contributed by atoms with Crippen molar-refractivity contribution < 1.29 is 4.55 Å². The van der Waals surface area contributed by atoms with E-state index in [0.29, 0.717) is 10.8 Å². The summed E-state index contributed by atoms with van der Waals surface area (Å²) in [7, 11) is 0. The second-order valence-electron chi connectivity index (χ2n) is 3.73. The van der Waals surface area contributed by atoms with Crippen LogP contribution in [-0.4, -0.2) is 10.3 Å². The third-order valence-electron chi connectivity index (χ3n) is 2.63.